The lowest BCUT2D eigenvalue weighted by atomic mass is 10.2. The molecular formula is C12H12N2O3. The molecule has 2 rings (SSSR count). The van der Waals surface area contributed by atoms with Crippen LogP contribution >= 0.6 is 0 Å². The van der Waals surface area contributed by atoms with Gasteiger partial charge in [-0.25, -0.2) is 4.68 Å². The van der Waals surface area contributed by atoms with Crippen molar-refractivity contribution in [3.05, 3.63) is 35.7 Å². The molecule has 0 aliphatic carbocycles. The maximum Gasteiger partial charge on any atom is 0.172 e. The van der Waals surface area contributed by atoms with Gasteiger partial charge in [0.15, 0.2) is 12.0 Å². The monoisotopic (exact) mass is 232 g/mol. The van der Waals surface area contributed by atoms with Crippen molar-refractivity contribution in [1.29, 1.82) is 0 Å². The van der Waals surface area contributed by atoms with Crippen LogP contribution in [0.15, 0.2) is 24.4 Å². The SMILES string of the molecule is COc1ccc(C)cc1-n1ncc(O)c1C=O. The summed E-state index contributed by atoms with van der Waals surface area (Å²) < 4.78 is 6.56. The van der Waals surface area contributed by atoms with Gasteiger partial charge in [-0.05, 0) is 24.6 Å². The van der Waals surface area contributed by atoms with Gasteiger partial charge in [0.2, 0.25) is 0 Å². The van der Waals surface area contributed by atoms with E-state index < -0.39 is 0 Å². The third-order valence-corrected chi connectivity index (χ3v) is 2.46. The van der Waals surface area contributed by atoms with E-state index in [4.69, 9.17) is 4.74 Å². The summed E-state index contributed by atoms with van der Waals surface area (Å²) in [6, 6.07) is 5.52. The van der Waals surface area contributed by atoms with Gasteiger partial charge in [0, 0.05) is 0 Å². The average molecular weight is 232 g/mol. The number of aromatic nitrogens is 2. The molecule has 5 nitrogen and oxygen atoms in total. The molecule has 0 aliphatic heterocycles. The van der Waals surface area contributed by atoms with E-state index in [9.17, 15) is 9.90 Å². The van der Waals surface area contributed by atoms with Crippen LogP contribution in [0.1, 0.15) is 16.1 Å². The maximum absolute atomic E-state index is 10.9. The first-order valence-electron chi connectivity index (χ1n) is 5.04. The molecule has 0 atom stereocenters. The molecule has 0 radical (unpaired) electrons. The average Bonchev–Trinajstić information content (AvgIpc) is 2.70. The van der Waals surface area contributed by atoms with Crippen LogP contribution in [0.25, 0.3) is 5.69 Å². The third-order valence-electron chi connectivity index (χ3n) is 2.46. The molecule has 0 unspecified atom stereocenters. The highest BCUT2D eigenvalue weighted by Crippen LogP contribution is 2.26. The molecule has 17 heavy (non-hydrogen) atoms. The van der Waals surface area contributed by atoms with Crippen molar-refractivity contribution in [2.45, 2.75) is 6.92 Å². The van der Waals surface area contributed by atoms with Crippen LogP contribution in [0.2, 0.25) is 0 Å². The predicted octanol–water partition coefficient (Wildman–Crippen LogP) is 1.71. The van der Waals surface area contributed by atoms with Gasteiger partial charge < -0.3 is 9.84 Å². The maximum atomic E-state index is 10.9. The summed E-state index contributed by atoms with van der Waals surface area (Å²) in [7, 11) is 1.54. The quantitative estimate of drug-likeness (QED) is 0.818. The number of hydrogen-bond donors (Lipinski definition) is 1. The van der Waals surface area contributed by atoms with Gasteiger partial charge in [-0.2, -0.15) is 5.10 Å². The van der Waals surface area contributed by atoms with Crippen LogP contribution < -0.4 is 4.74 Å². The molecule has 1 N–H and O–H groups in total. The fourth-order valence-electron chi connectivity index (χ4n) is 1.62. The fourth-order valence-corrected chi connectivity index (χ4v) is 1.62. The van der Waals surface area contributed by atoms with Crippen LogP contribution in [0.5, 0.6) is 11.5 Å². The summed E-state index contributed by atoms with van der Waals surface area (Å²) in [6.07, 6.45) is 1.79. The summed E-state index contributed by atoms with van der Waals surface area (Å²) in [5.74, 6) is 0.436. The molecule has 1 heterocycles. The van der Waals surface area contributed by atoms with Crippen molar-refractivity contribution >= 4 is 6.29 Å². The highest BCUT2D eigenvalue weighted by molar-refractivity contribution is 5.77. The first-order chi connectivity index (χ1) is 8.17. The van der Waals surface area contributed by atoms with Crippen LogP contribution in [-0.2, 0) is 0 Å². The van der Waals surface area contributed by atoms with E-state index in [1.54, 1.807) is 6.07 Å². The second-order valence-electron chi connectivity index (χ2n) is 3.62. The van der Waals surface area contributed by atoms with E-state index >= 15 is 0 Å². The molecular weight excluding hydrogens is 220 g/mol. The van der Waals surface area contributed by atoms with Crippen molar-refractivity contribution < 1.29 is 14.6 Å². The molecule has 0 bridgehead atoms. The van der Waals surface area contributed by atoms with E-state index in [2.05, 4.69) is 5.10 Å². The molecule has 0 fully saturated rings. The molecule has 88 valence electrons. The number of rotatable bonds is 3. The smallest absolute Gasteiger partial charge is 0.172 e. The summed E-state index contributed by atoms with van der Waals surface area (Å²) in [4.78, 5) is 10.9. The molecule has 0 saturated heterocycles. The van der Waals surface area contributed by atoms with Gasteiger partial charge in [-0.1, -0.05) is 6.07 Å². The Hall–Kier alpha value is -2.30. The van der Waals surface area contributed by atoms with Crippen molar-refractivity contribution in [1.82, 2.24) is 9.78 Å². The summed E-state index contributed by atoms with van der Waals surface area (Å²) in [5, 5.41) is 13.4. The van der Waals surface area contributed by atoms with Gasteiger partial charge in [0.1, 0.15) is 17.1 Å². The number of aromatic hydroxyl groups is 1. The van der Waals surface area contributed by atoms with Gasteiger partial charge in [0.05, 0.1) is 13.3 Å². The van der Waals surface area contributed by atoms with Crippen LogP contribution in [0.3, 0.4) is 0 Å². The Bertz CT molecular complexity index is 561. The number of carbonyl (C=O) groups excluding carboxylic acids is 1. The zero-order valence-corrected chi connectivity index (χ0v) is 9.54. The summed E-state index contributed by atoms with van der Waals surface area (Å²) in [6.45, 7) is 1.92. The zero-order chi connectivity index (χ0) is 12.4. The van der Waals surface area contributed by atoms with Gasteiger partial charge in [-0.15, -0.1) is 0 Å². The van der Waals surface area contributed by atoms with Crippen LogP contribution in [-0.4, -0.2) is 28.3 Å². The molecule has 2 aromatic rings. The Morgan fingerprint density at radius 1 is 1.47 bits per heavy atom. The van der Waals surface area contributed by atoms with E-state index in [0.29, 0.717) is 17.7 Å². The number of nitrogens with zero attached hydrogens (tertiary/aromatic N) is 2. The molecule has 0 spiro atoms. The zero-order valence-electron chi connectivity index (χ0n) is 9.54. The minimum absolute atomic E-state index is 0.105. The predicted molar refractivity (Wildman–Crippen MR) is 61.9 cm³/mol. The van der Waals surface area contributed by atoms with Crippen LogP contribution in [0.4, 0.5) is 0 Å². The summed E-state index contributed by atoms with van der Waals surface area (Å²) >= 11 is 0. The Kier molecular flexibility index (Phi) is 2.82. The lowest BCUT2D eigenvalue weighted by molar-refractivity contribution is 0.111. The Balaban J connectivity index is 2.66. The van der Waals surface area contributed by atoms with Crippen LogP contribution in [0, 0.1) is 6.92 Å². The molecule has 1 aromatic heterocycles. The standard InChI is InChI=1S/C12H12N2O3/c1-8-3-4-12(17-2)9(5-8)14-10(7-15)11(16)6-13-14/h3-7,16H,1-2H3. The van der Waals surface area contributed by atoms with Crippen molar-refractivity contribution in [3.63, 3.8) is 0 Å². The molecule has 1 aromatic carbocycles. The van der Waals surface area contributed by atoms with Gasteiger partial charge >= 0.3 is 0 Å². The van der Waals surface area contributed by atoms with Crippen molar-refractivity contribution in [2.75, 3.05) is 7.11 Å². The second-order valence-corrected chi connectivity index (χ2v) is 3.62. The number of benzene rings is 1. The van der Waals surface area contributed by atoms with E-state index in [1.807, 2.05) is 19.1 Å². The number of hydrogen-bond acceptors (Lipinski definition) is 4. The van der Waals surface area contributed by atoms with E-state index in [0.717, 1.165) is 5.56 Å². The second kappa shape index (κ2) is 4.29. The number of carbonyl (C=O) groups is 1. The fraction of sp³-hybridized carbons (Fsp3) is 0.167. The van der Waals surface area contributed by atoms with Crippen molar-refractivity contribution in [3.8, 4) is 17.2 Å². The number of aldehydes is 1. The number of ether oxygens (including phenoxy) is 1. The van der Waals surface area contributed by atoms with Crippen molar-refractivity contribution in [2.24, 2.45) is 0 Å². The minimum Gasteiger partial charge on any atom is -0.504 e. The first-order valence-corrected chi connectivity index (χ1v) is 5.04. The Morgan fingerprint density at radius 2 is 2.24 bits per heavy atom. The topological polar surface area (TPSA) is 64.3 Å². The molecule has 0 amide bonds. The first kappa shape index (κ1) is 11.2. The highest BCUT2D eigenvalue weighted by Gasteiger charge is 2.14. The largest absolute Gasteiger partial charge is 0.504 e. The lowest BCUT2D eigenvalue weighted by Crippen LogP contribution is -2.04. The molecule has 0 saturated carbocycles. The highest BCUT2D eigenvalue weighted by atomic mass is 16.5. The van der Waals surface area contributed by atoms with Gasteiger partial charge in [0.25, 0.3) is 0 Å². The molecule has 5 heteroatoms. The van der Waals surface area contributed by atoms with E-state index in [-0.39, 0.29) is 11.4 Å². The third kappa shape index (κ3) is 1.87. The molecule has 0 aliphatic rings. The Morgan fingerprint density at radius 3 is 2.88 bits per heavy atom. The Labute approximate surface area is 98.3 Å². The van der Waals surface area contributed by atoms with E-state index in [1.165, 1.54) is 18.0 Å². The normalized spacial score (nSPS) is 10.2. The minimum atomic E-state index is -0.149. The van der Waals surface area contributed by atoms with Gasteiger partial charge in [-0.3, -0.25) is 4.79 Å². The number of methoxy groups -OCH3 is 1. The lowest BCUT2D eigenvalue weighted by Gasteiger charge is -2.10. The summed E-state index contributed by atoms with van der Waals surface area (Å²) in [5.41, 5.74) is 1.73. The number of aryl methyl sites for hydroxylation is 1.